The van der Waals surface area contributed by atoms with Crippen LogP contribution in [0.3, 0.4) is 0 Å². The van der Waals surface area contributed by atoms with Crippen LogP contribution in [0.2, 0.25) is 0 Å². The summed E-state index contributed by atoms with van der Waals surface area (Å²) in [6.07, 6.45) is 5.46. The van der Waals surface area contributed by atoms with Gasteiger partial charge in [0.2, 0.25) is 0 Å². The SMILES string of the molecule is C=Cc1ccc(CN2CC3(C)CC(C)(CO)CC(C)(C2)C3)cc1. The van der Waals surface area contributed by atoms with Crippen LogP contribution >= 0.6 is 0 Å². The highest BCUT2D eigenvalue weighted by atomic mass is 16.3. The van der Waals surface area contributed by atoms with Crippen molar-refractivity contribution in [2.75, 3.05) is 19.7 Å². The molecule has 2 bridgehead atoms. The molecule has 2 fully saturated rings. The Bertz CT molecular complexity index is 558. The molecule has 1 saturated heterocycles. The molecule has 2 unspecified atom stereocenters. The molecule has 0 amide bonds. The van der Waals surface area contributed by atoms with E-state index in [4.69, 9.17) is 0 Å². The first kappa shape index (κ1) is 16.7. The highest BCUT2D eigenvalue weighted by Crippen LogP contribution is 2.57. The maximum Gasteiger partial charge on any atom is 0.0485 e. The van der Waals surface area contributed by atoms with Gasteiger partial charge >= 0.3 is 0 Å². The quantitative estimate of drug-likeness (QED) is 0.894. The summed E-state index contributed by atoms with van der Waals surface area (Å²) in [5, 5.41) is 9.86. The lowest BCUT2D eigenvalue weighted by atomic mass is 9.52. The van der Waals surface area contributed by atoms with E-state index in [1.54, 1.807) is 0 Å². The average molecular weight is 313 g/mol. The van der Waals surface area contributed by atoms with Gasteiger partial charge in [-0.25, -0.2) is 0 Å². The van der Waals surface area contributed by atoms with Crippen molar-refractivity contribution in [2.45, 2.75) is 46.6 Å². The topological polar surface area (TPSA) is 23.5 Å². The van der Waals surface area contributed by atoms with Crippen LogP contribution in [0.5, 0.6) is 0 Å². The number of likely N-dealkylation sites (tertiary alicyclic amines) is 1. The first-order valence-corrected chi connectivity index (χ1v) is 8.82. The molecule has 1 N–H and O–H groups in total. The lowest BCUT2D eigenvalue weighted by Gasteiger charge is -2.59. The summed E-state index contributed by atoms with van der Waals surface area (Å²) in [6.45, 7) is 14.6. The summed E-state index contributed by atoms with van der Waals surface area (Å²) in [4.78, 5) is 2.63. The van der Waals surface area contributed by atoms with Crippen LogP contribution in [0.25, 0.3) is 6.08 Å². The van der Waals surface area contributed by atoms with E-state index < -0.39 is 0 Å². The second-order valence-corrected chi connectivity index (χ2v) is 9.21. The first-order chi connectivity index (χ1) is 10.8. The average Bonchev–Trinajstić information content (AvgIpc) is 2.45. The summed E-state index contributed by atoms with van der Waals surface area (Å²) < 4.78 is 0. The zero-order valence-electron chi connectivity index (χ0n) is 14.9. The van der Waals surface area contributed by atoms with Gasteiger partial charge < -0.3 is 5.11 Å². The molecule has 2 atom stereocenters. The van der Waals surface area contributed by atoms with Gasteiger partial charge in [0.1, 0.15) is 0 Å². The highest BCUT2D eigenvalue weighted by molar-refractivity contribution is 5.47. The van der Waals surface area contributed by atoms with Gasteiger partial charge in [-0.3, -0.25) is 4.90 Å². The Morgan fingerprint density at radius 2 is 1.61 bits per heavy atom. The molecule has 1 heterocycles. The van der Waals surface area contributed by atoms with Crippen molar-refractivity contribution in [2.24, 2.45) is 16.2 Å². The largest absolute Gasteiger partial charge is 0.396 e. The van der Waals surface area contributed by atoms with Crippen LogP contribution in [0.4, 0.5) is 0 Å². The number of hydrogen-bond acceptors (Lipinski definition) is 2. The Labute approximate surface area is 141 Å². The first-order valence-electron chi connectivity index (χ1n) is 8.82. The summed E-state index contributed by atoms with van der Waals surface area (Å²) in [7, 11) is 0. The third-order valence-electron chi connectivity index (χ3n) is 5.77. The van der Waals surface area contributed by atoms with Crippen molar-refractivity contribution < 1.29 is 5.11 Å². The second-order valence-electron chi connectivity index (χ2n) is 9.21. The number of piperidine rings is 1. The van der Waals surface area contributed by atoms with Crippen molar-refractivity contribution >= 4 is 6.08 Å². The fraction of sp³-hybridized carbons (Fsp3) is 0.619. The van der Waals surface area contributed by atoms with Crippen LogP contribution in [-0.2, 0) is 6.54 Å². The molecular weight excluding hydrogens is 282 g/mol. The van der Waals surface area contributed by atoms with E-state index in [2.05, 4.69) is 56.5 Å². The maximum atomic E-state index is 9.86. The van der Waals surface area contributed by atoms with Crippen molar-refractivity contribution in [3.8, 4) is 0 Å². The van der Waals surface area contributed by atoms with Crippen molar-refractivity contribution in [1.82, 2.24) is 4.90 Å². The Morgan fingerprint density at radius 1 is 1.04 bits per heavy atom. The summed E-state index contributed by atoms with van der Waals surface area (Å²) >= 11 is 0. The van der Waals surface area contributed by atoms with E-state index in [0.717, 1.165) is 32.5 Å². The number of nitrogens with zero attached hydrogens (tertiary/aromatic N) is 1. The highest BCUT2D eigenvalue weighted by Gasteiger charge is 2.52. The second kappa shape index (κ2) is 5.75. The summed E-state index contributed by atoms with van der Waals surface area (Å²) in [5.41, 5.74) is 3.31. The van der Waals surface area contributed by atoms with E-state index in [-0.39, 0.29) is 5.41 Å². The molecule has 3 rings (SSSR count). The fourth-order valence-corrected chi connectivity index (χ4v) is 5.88. The van der Waals surface area contributed by atoms with Crippen LogP contribution in [0, 0.1) is 16.2 Å². The van der Waals surface area contributed by atoms with Gasteiger partial charge in [0, 0.05) is 26.2 Å². The zero-order valence-corrected chi connectivity index (χ0v) is 14.9. The van der Waals surface area contributed by atoms with Crippen LogP contribution in [-0.4, -0.2) is 29.7 Å². The predicted octanol–water partition coefficient (Wildman–Crippen LogP) is 4.34. The molecule has 1 saturated carbocycles. The van der Waals surface area contributed by atoms with Crippen LogP contribution < -0.4 is 0 Å². The predicted molar refractivity (Wildman–Crippen MR) is 97.1 cm³/mol. The molecule has 0 radical (unpaired) electrons. The van der Waals surface area contributed by atoms with Gasteiger partial charge in [0.15, 0.2) is 0 Å². The van der Waals surface area contributed by atoms with Gasteiger partial charge in [-0.05, 0) is 46.6 Å². The molecule has 1 aliphatic heterocycles. The minimum absolute atomic E-state index is 0.0967. The zero-order chi connectivity index (χ0) is 16.7. The maximum absolute atomic E-state index is 9.86. The van der Waals surface area contributed by atoms with Gasteiger partial charge in [0.25, 0.3) is 0 Å². The van der Waals surface area contributed by atoms with E-state index in [1.165, 1.54) is 17.5 Å². The van der Waals surface area contributed by atoms with Crippen LogP contribution in [0.1, 0.15) is 51.2 Å². The number of benzene rings is 1. The minimum Gasteiger partial charge on any atom is -0.396 e. The lowest BCUT2D eigenvalue weighted by molar-refractivity contribution is -0.105. The monoisotopic (exact) mass is 313 g/mol. The molecule has 1 aromatic rings. The van der Waals surface area contributed by atoms with E-state index in [1.807, 2.05) is 6.08 Å². The summed E-state index contributed by atoms with van der Waals surface area (Å²) in [6, 6.07) is 8.76. The number of aliphatic hydroxyl groups is 1. The Kier molecular flexibility index (Phi) is 4.18. The molecule has 0 aromatic heterocycles. The van der Waals surface area contributed by atoms with Crippen LogP contribution in [0.15, 0.2) is 30.8 Å². The molecular formula is C21H31NO. The number of hydrogen-bond donors (Lipinski definition) is 1. The van der Waals surface area contributed by atoms with Gasteiger partial charge in [-0.15, -0.1) is 0 Å². The van der Waals surface area contributed by atoms with Gasteiger partial charge in [-0.1, -0.05) is 57.7 Å². The fourth-order valence-electron chi connectivity index (χ4n) is 5.88. The molecule has 1 aliphatic carbocycles. The minimum atomic E-state index is 0.0967. The normalized spacial score (nSPS) is 37.6. The van der Waals surface area contributed by atoms with E-state index in [0.29, 0.717) is 17.4 Å². The Hall–Kier alpha value is -1.12. The molecule has 126 valence electrons. The van der Waals surface area contributed by atoms with Crippen molar-refractivity contribution in [1.29, 1.82) is 0 Å². The van der Waals surface area contributed by atoms with Gasteiger partial charge in [-0.2, -0.15) is 0 Å². The van der Waals surface area contributed by atoms with Crippen molar-refractivity contribution in [3.63, 3.8) is 0 Å². The third-order valence-corrected chi connectivity index (χ3v) is 5.77. The molecule has 23 heavy (non-hydrogen) atoms. The summed E-state index contributed by atoms with van der Waals surface area (Å²) in [5.74, 6) is 0. The van der Waals surface area contributed by atoms with E-state index >= 15 is 0 Å². The lowest BCUT2D eigenvalue weighted by Crippen LogP contribution is -2.57. The molecule has 2 aliphatic rings. The van der Waals surface area contributed by atoms with Gasteiger partial charge in [0.05, 0.1) is 0 Å². The molecule has 0 spiro atoms. The number of aliphatic hydroxyl groups excluding tert-OH is 1. The number of fused-ring (bicyclic) bond motifs is 2. The number of rotatable bonds is 4. The molecule has 2 nitrogen and oxygen atoms in total. The molecule has 1 aromatic carbocycles. The third kappa shape index (κ3) is 3.54. The molecule has 2 heteroatoms. The van der Waals surface area contributed by atoms with E-state index in [9.17, 15) is 5.11 Å². The Morgan fingerprint density at radius 3 is 2.09 bits per heavy atom. The van der Waals surface area contributed by atoms with Crippen molar-refractivity contribution in [3.05, 3.63) is 42.0 Å². The smallest absolute Gasteiger partial charge is 0.0485 e. The standard InChI is InChI=1S/C21H31NO/c1-5-17-6-8-18(9-7-17)10-22-14-19(2)11-20(3,15-22)13-21(4,12-19)16-23/h5-9,23H,1,10-16H2,2-4H3. The Balaban J connectivity index is 1.75.